The van der Waals surface area contributed by atoms with E-state index < -0.39 is 0 Å². The Kier molecular flexibility index (Phi) is 6.58. The van der Waals surface area contributed by atoms with Crippen molar-refractivity contribution in [2.45, 2.75) is 46.2 Å². The van der Waals surface area contributed by atoms with Crippen molar-refractivity contribution in [1.29, 1.82) is 0 Å². The van der Waals surface area contributed by atoms with E-state index in [1.54, 1.807) is 6.07 Å². The number of carbonyl (C=O) groups excluding carboxylic acids is 1. The molecule has 1 rings (SSSR count). The molecule has 1 amide bonds. The average Bonchev–Trinajstić information content (AvgIpc) is 2.75. The van der Waals surface area contributed by atoms with Crippen LogP contribution in [0.2, 0.25) is 0 Å². The van der Waals surface area contributed by atoms with Crippen LogP contribution in [0, 0.1) is 0 Å². The fraction of sp³-hybridized carbons (Fsp3) is 0.667. The maximum absolute atomic E-state index is 12.1. The Morgan fingerprint density at radius 1 is 1.50 bits per heavy atom. The van der Waals surface area contributed by atoms with Gasteiger partial charge in [-0.25, -0.2) is 0 Å². The van der Waals surface area contributed by atoms with E-state index in [0.717, 1.165) is 25.9 Å². The minimum atomic E-state index is -0.0395. The summed E-state index contributed by atoms with van der Waals surface area (Å²) in [6, 6.07) is 2.28. The Labute approximate surface area is 122 Å². The summed E-state index contributed by atoms with van der Waals surface area (Å²) in [5.74, 6) is -0.0395. The third-order valence-corrected chi connectivity index (χ3v) is 3.47. The standard InChI is InChI=1S/C15H28N4O/c1-5-8-19-11-13(16)10-14(19)15(20)17-7-6-9-18(4)12(2)3/h10-12H,5-9,16H2,1-4H3,(H,17,20). The van der Waals surface area contributed by atoms with Gasteiger partial charge in [0.2, 0.25) is 0 Å². The molecule has 0 saturated carbocycles. The Balaban J connectivity index is 2.43. The van der Waals surface area contributed by atoms with E-state index in [2.05, 4.69) is 38.0 Å². The molecular weight excluding hydrogens is 252 g/mol. The monoisotopic (exact) mass is 280 g/mol. The average molecular weight is 280 g/mol. The quantitative estimate of drug-likeness (QED) is 0.715. The summed E-state index contributed by atoms with van der Waals surface area (Å²) in [6.45, 7) is 8.90. The summed E-state index contributed by atoms with van der Waals surface area (Å²) in [7, 11) is 2.10. The van der Waals surface area contributed by atoms with E-state index in [9.17, 15) is 4.79 Å². The molecule has 0 aliphatic rings. The number of nitrogens with zero attached hydrogens (tertiary/aromatic N) is 2. The van der Waals surface area contributed by atoms with Crippen LogP contribution in [0.5, 0.6) is 0 Å². The van der Waals surface area contributed by atoms with Crippen LogP contribution in [0.3, 0.4) is 0 Å². The number of aromatic nitrogens is 1. The third kappa shape index (κ3) is 4.89. The lowest BCUT2D eigenvalue weighted by Gasteiger charge is -2.20. The van der Waals surface area contributed by atoms with Crippen molar-refractivity contribution in [2.75, 3.05) is 25.9 Å². The van der Waals surface area contributed by atoms with Gasteiger partial charge in [0, 0.05) is 25.3 Å². The van der Waals surface area contributed by atoms with Gasteiger partial charge in [-0.05, 0) is 46.3 Å². The molecule has 0 radical (unpaired) electrons. The number of carbonyl (C=O) groups is 1. The summed E-state index contributed by atoms with van der Waals surface area (Å²) in [5.41, 5.74) is 7.06. The zero-order chi connectivity index (χ0) is 15.1. The molecule has 0 atom stereocenters. The molecule has 1 aromatic heterocycles. The van der Waals surface area contributed by atoms with Crippen molar-refractivity contribution < 1.29 is 4.79 Å². The molecular formula is C15H28N4O. The molecule has 0 saturated heterocycles. The van der Waals surface area contributed by atoms with Crippen LogP contribution >= 0.6 is 0 Å². The molecule has 0 bridgehead atoms. The SMILES string of the molecule is CCCn1cc(N)cc1C(=O)NCCCN(C)C(C)C. The number of nitrogens with one attached hydrogen (secondary N) is 1. The second-order valence-corrected chi connectivity index (χ2v) is 5.54. The maximum Gasteiger partial charge on any atom is 0.267 e. The fourth-order valence-electron chi connectivity index (χ4n) is 2.03. The topological polar surface area (TPSA) is 63.3 Å². The predicted molar refractivity (Wildman–Crippen MR) is 83.9 cm³/mol. The molecule has 0 aliphatic carbocycles. The lowest BCUT2D eigenvalue weighted by Crippen LogP contribution is -2.32. The van der Waals surface area contributed by atoms with Crippen molar-refractivity contribution in [3.05, 3.63) is 18.0 Å². The minimum absolute atomic E-state index is 0.0395. The Bertz CT molecular complexity index is 426. The zero-order valence-corrected chi connectivity index (χ0v) is 13.1. The first-order valence-electron chi connectivity index (χ1n) is 7.39. The third-order valence-electron chi connectivity index (χ3n) is 3.47. The van der Waals surface area contributed by atoms with Crippen LogP contribution in [0.1, 0.15) is 44.1 Å². The summed E-state index contributed by atoms with van der Waals surface area (Å²) >= 11 is 0. The number of amides is 1. The van der Waals surface area contributed by atoms with Gasteiger partial charge < -0.3 is 20.5 Å². The van der Waals surface area contributed by atoms with Gasteiger partial charge in [0.05, 0.1) is 5.69 Å². The van der Waals surface area contributed by atoms with Gasteiger partial charge in [0.15, 0.2) is 0 Å². The first kappa shape index (κ1) is 16.6. The van der Waals surface area contributed by atoms with E-state index in [0.29, 0.717) is 24.0 Å². The van der Waals surface area contributed by atoms with Gasteiger partial charge in [0.1, 0.15) is 5.69 Å². The molecule has 3 N–H and O–H groups in total. The van der Waals surface area contributed by atoms with Gasteiger partial charge >= 0.3 is 0 Å². The van der Waals surface area contributed by atoms with Gasteiger partial charge in [-0.2, -0.15) is 0 Å². The smallest absolute Gasteiger partial charge is 0.267 e. The summed E-state index contributed by atoms with van der Waals surface area (Å²) in [5, 5.41) is 2.96. The highest BCUT2D eigenvalue weighted by Crippen LogP contribution is 2.11. The van der Waals surface area contributed by atoms with Gasteiger partial charge in [-0.3, -0.25) is 4.79 Å². The van der Waals surface area contributed by atoms with Gasteiger partial charge in [-0.1, -0.05) is 6.92 Å². The fourth-order valence-corrected chi connectivity index (χ4v) is 2.03. The molecule has 0 aromatic carbocycles. The van der Waals surface area contributed by atoms with Crippen molar-refractivity contribution in [2.24, 2.45) is 0 Å². The lowest BCUT2D eigenvalue weighted by atomic mass is 10.3. The number of anilines is 1. The van der Waals surface area contributed by atoms with E-state index in [1.165, 1.54) is 0 Å². The number of hydrogen-bond donors (Lipinski definition) is 2. The van der Waals surface area contributed by atoms with Crippen LogP contribution in [0.4, 0.5) is 5.69 Å². The molecule has 0 unspecified atom stereocenters. The van der Waals surface area contributed by atoms with Crippen molar-refractivity contribution >= 4 is 11.6 Å². The van der Waals surface area contributed by atoms with E-state index in [4.69, 9.17) is 5.73 Å². The minimum Gasteiger partial charge on any atom is -0.397 e. The maximum atomic E-state index is 12.1. The van der Waals surface area contributed by atoms with Crippen LogP contribution in [-0.2, 0) is 6.54 Å². The number of hydrogen-bond acceptors (Lipinski definition) is 3. The van der Waals surface area contributed by atoms with E-state index in [1.807, 2.05) is 10.8 Å². The van der Waals surface area contributed by atoms with Crippen LogP contribution < -0.4 is 11.1 Å². The van der Waals surface area contributed by atoms with E-state index in [-0.39, 0.29) is 5.91 Å². The Hall–Kier alpha value is -1.49. The molecule has 114 valence electrons. The molecule has 0 aliphatic heterocycles. The molecule has 1 aromatic rings. The zero-order valence-electron chi connectivity index (χ0n) is 13.1. The molecule has 0 fully saturated rings. The Morgan fingerprint density at radius 3 is 2.80 bits per heavy atom. The van der Waals surface area contributed by atoms with Crippen molar-refractivity contribution in [3.8, 4) is 0 Å². The highest BCUT2D eigenvalue weighted by molar-refractivity contribution is 5.93. The van der Waals surface area contributed by atoms with E-state index >= 15 is 0 Å². The number of rotatable bonds is 8. The second-order valence-electron chi connectivity index (χ2n) is 5.54. The molecule has 5 nitrogen and oxygen atoms in total. The van der Waals surface area contributed by atoms with Crippen molar-refractivity contribution in [1.82, 2.24) is 14.8 Å². The first-order chi connectivity index (χ1) is 9.45. The van der Waals surface area contributed by atoms with Gasteiger partial charge in [-0.15, -0.1) is 0 Å². The molecule has 20 heavy (non-hydrogen) atoms. The van der Waals surface area contributed by atoms with Gasteiger partial charge in [0.25, 0.3) is 5.91 Å². The molecule has 0 spiro atoms. The highest BCUT2D eigenvalue weighted by Gasteiger charge is 2.12. The normalized spacial score (nSPS) is 11.3. The number of nitrogen functional groups attached to an aromatic ring is 1. The number of nitrogens with two attached hydrogens (primary N) is 1. The highest BCUT2D eigenvalue weighted by atomic mass is 16.1. The molecule has 5 heteroatoms. The molecule has 1 heterocycles. The Morgan fingerprint density at radius 2 is 2.20 bits per heavy atom. The van der Waals surface area contributed by atoms with Crippen LogP contribution in [-0.4, -0.2) is 41.6 Å². The first-order valence-corrected chi connectivity index (χ1v) is 7.39. The largest absolute Gasteiger partial charge is 0.397 e. The summed E-state index contributed by atoms with van der Waals surface area (Å²) < 4.78 is 1.92. The second kappa shape index (κ2) is 7.94. The van der Waals surface area contributed by atoms with Crippen LogP contribution in [0.15, 0.2) is 12.3 Å². The predicted octanol–water partition coefficient (Wildman–Crippen LogP) is 1.94. The van der Waals surface area contributed by atoms with Crippen LogP contribution in [0.25, 0.3) is 0 Å². The lowest BCUT2D eigenvalue weighted by molar-refractivity contribution is 0.0942. The summed E-state index contributed by atoms with van der Waals surface area (Å²) in [6.07, 6.45) is 3.75. The summed E-state index contributed by atoms with van der Waals surface area (Å²) in [4.78, 5) is 14.4. The number of aryl methyl sites for hydroxylation is 1. The van der Waals surface area contributed by atoms with Crippen molar-refractivity contribution in [3.63, 3.8) is 0 Å².